The number of aliphatic hydroxyl groups excluding tert-OH is 1. The molecule has 0 unspecified atom stereocenters. The maximum absolute atomic E-state index is 11.9. The molecule has 1 aliphatic carbocycles. The van der Waals surface area contributed by atoms with Crippen LogP contribution in [0.25, 0.3) is 0 Å². The molecule has 0 heterocycles. The van der Waals surface area contributed by atoms with E-state index >= 15 is 0 Å². The van der Waals surface area contributed by atoms with E-state index in [2.05, 4.69) is 20.9 Å². The van der Waals surface area contributed by atoms with Gasteiger partial charge < -0.3 is 21.1 Å². The van der Waals surface area contributed by atoms with Crippen LogP contribution in [0, 0.1) is 0 Å². The van der Waals surface area contributed by atoms with E-state index in [1.807, 2.05) is 37.3 Å². The van der Waals surface area contributed by atoms with Gasteiger partial charge in [-0.15, -0.1) is 0 Å². The number of carbonyl (C=O) groups is 1. The number of aliphatic imine (C=N–C) groups is 1. The van der Waals surface area contributed by atoms with Crippen LogP contribution in [0.3, 0.4) is 0 Å². The molecule has 4 N–H and O–H groups in total. The number of carbonyl (C=O) groups excluding carboxylic acids is 1. The lowest BCUT2D eigenvalue weighted by Crippen LogP contribution is -2.45. The number of rotatable bonds is 7. The lowest BCUT2D eigenvalue weighted by molar-refractivity contribution is 0.0953. The monoisotopic (exact) mass is 346 g/mol. The third-order valence-corrected chi connectivity index (χ3v) is 4.31. The Labute approximate surface area is 150 Å². The Morgan fingerprint density at radius 1 is 1.16 bits per heavy atom. The first-order valence-electron chi connectivity index (χ1n) is 9.25. The molecule has 0 aliphatic heterocycles. The molecule has 0 radical (unpaired) electrons. The van der Waals surface area contributed by atoms with E-state index in [0.717, 1.165) is 44.6 Å². The van der Waals surface area contributed by atoms with Crippen LogP contribution in [-0.4, -0.2) is 48.8 Å². The van der Waals surface area contributed by atoms with Gasteiger partial charge in [-0.25, -0.2) is 0 Å². The first kappa shape index (κ1) is 19.2. The Kier molecular flexibility index (Phi) is 8.25. The highest BCUT2D eigenvalue weighted by molar-refractivity contribution is 5.94. The van der Waals surface area contributed by atoms with E-state index in [-0.39, 0.29) is 12.0 Å². The molecule has 6 heteroatoms. The lowest BCUT2D eigenvalue weighted by Gasteiger charge is -2.27. The number of nitrogens with one attached hydrogen (secondary N) is 3. The van der Waals surface area contributed by atoms with E-state index < -0.39 is 0 Å². The first-order valence-corrected chi connectivity index (χ1v) is 9.25. The second kappa shape index (κ2) is 10.7. The van der Waals surface area contributed by atoms with Crippen molar-refractivity contribution in [2.75, 3.05) is 19.6 Å². The van der Waals surface area contributed by atoms with Crippen molar-refractivity contribution in [2.45, 2.75) is 51.2 Å². The molecule has 6 nitrogen and oxygen atoms in total. The summed E-state index contributed by atoms with van der Waals surface area (Å²) in [6, 6.07) is 9.60. The quantitative estimate of drug-likeness (QED) is 0.344. The van der Waals surface area contributed by atoms with Crippen LogP contribution < -0.4 is 16.0 Å². The van der Waals surface area contributed by atoms with Crippen molar-refractivity contribution < 1.29 is 9.90 Å². The van der Waals surface area contributed by atoms with Gasteiger partial charge in [-0.3, -0.25) is 9.79 Å². The minimum absolute atomic E-state index is 0.0459. The number of hydrogen-bond acceptors (Lipinski definition) is 3. The summed E-state index contributed by atoms with van der Waals surface area (Å²) in [5.41, 5.74) is 0.681. The molecule has 1 amide bonds. The average molecular weight is 346 g/mol. The van der Waals surface area contributed by atoms with Crippen molar-refractivity contribution in [3.8, 4) is 0 Å². The van der Waals surface area contributed by atoms with Gasteiger partial charge in [0.15, 0.2) is 5.96 Å². The molecule has 2 rings (SSSR count). The molecule has 0 atom stereocenters. The van der Waals surface area contributed by atoms with Gasteiger partial charge in [-0.05, 0) is 51.2 Å². The van der Waals surface area contributed by atoms with Crippen molar-refractivity contribution in [3.05, 3.63) is 35.9 Å². The number of aliphatic hydroxyl groups is 1. The first-order chi connectivity index (χ1) is 12.2. The second-order valence-electron chi connectivity index (χ2n) is 6.39. The standard InChI is InChI=1S/C19H30N4O2/c1-2-20-19(23-16-9-11-17(24)12-10-16)22-14-6-13-21-18(25)15-7-4-3-5-8-15/h3-5,7-8,16-17,24H,2,6,9-14H2,1H3,(H,21,25)(H2,20,22,23). The third kappa shape index (κ3) is 7.13. The lowest BCUT2D eigenvalue weighted by atomic mass is 9.93. The average Bonchev–Trinajstić information content (AvgIpc) is 2.64. The fourth-order valence-corrected chi connectivity index (χ4v) is 2.90. The van der Waals surface area contributed by atoms with Crippen LogP contribution in [0.15, 0.2) is 35.3 Å². The highest BCUT2D eigenvalue weighted by atomic mass is 16.3. The minimum Gasteiger partial charge on any atom is -0.393 e. The highest BCUT2D eigenvalue weighted by Gasteiger charge is 2.19. The van der Waals surface area contributed by atoms with Crippen molar-refractivity contribution in [1.29, 1.82) is 0 Å². The van der Waals surface area contributed by atoms with Crippen molar-refractivity contribution in [2.24, 2.45) is 4.99 Å². The fraction of sp³-hybridized carbons (Fsp3) is 0.579. The van der Waals surface area contributed by atoms with Gasteiger partial charge in [0.1, 0.15) is 0 Å². The van der Waals surface area contributed by atoms with E-state index in [4.69, 9.17) is 0 Å². The third-order valence-electron chi connectivity index (χ3n) is 4.31. The minimum atomic E-state index is -0.147. The summed E-state index contributed by atoms with van der Waals surface area (Å²) in [7, 11) is 0. The molecule has 1 aromatic carbocycles. The summed E-state index contributed by atoms with van der Waals surface area (Å²) in [5.74, 6) is 0.772. The number of hydrogen-bond donors (Lipinski definition) is 4. The molecule has 0 aromatic heterocycles. The topological polar surface area (TPSA) is 85.8 Å². The number of benzene rings is 1. The molecule has 0 bridgehead atoms. The maximum Gasteiger partial charge on any atom is 0.251 e. The van der Waals surface area contributed by atoms with E-state index in [1.165, 1.54) is 0 Å². The number of amides is 1. The summed E-state index contributed by atoms with van der Waals surface area (Å²) in [6.45, 7) is 4.11. The molecule has 1 fully saturated rings. The van der Waals surface area contributed by atoms with Crippen LogP contribution in [-0.2, 0) is 0 Å². The van der Waals surface area contributed by atoms with Gasteiger partial charge in [0, 0.05) is 31.2 Å². The van der Waals surface area contributed by atoms with E-state index in [9.17, 15) is 9.90 Å². The van der Waals surface area contributed by atoms with Gasteiger partial charge in [-0.2, -0.15) is 0 Å². The van der Waals surface area contributed by atoms with Crippen LogP contribution >= 0.6 is 0 Å². The smallest absolute Gasteiger partial charge is 0.251 e. The van der Waals surface area contributed by atoms with Crippen molar-refractivity contribution in [1.82, 2.24) is 16.0 Å². The van der Waals surface area contributed by atoms with Gasteiger partial charge in [0.05, 0.1) is 6.10 Å². The number of guanidine groups is 1. The summed E-state index contributed by atoms with van der Waals surface area (Å²) in [5, 5.41) is 19.2. The molecular weight excluding hydrogens is 316 g/mol. The molecular formula is C19H30N4O2. The molecule has 0 spiro atoms. The summed E-state index contributed by atoms with van der Waals surface area (Å²) >= 11 is 0. The SMILES string of the molecule is CCNC(=NCCCNC(=O)c1ccccc1)NC1CCC(O)CC1. The van der Waals surface area contributed by atoms with Gasteiger partial charge in [-0.1, -0.05) is 18.2 Å². The van der Waals surface area contributed by atoms with Crippen LogP contribution in [0.2, 0.25) is 0 Å². The van der Waals surface area contributed by atoms with Crippen LogP contribution in [0.4, 0.5) is 0 Å². The zero-order valence-electron chi connectivity index (χ0n) is 15.0. The molecule has 138 valence electrons. The Bertz CT molecular complexity index is 540. The highest BCUT2D eigenvalue weighted by Crippen LogP contribution is 2.18. The maximum atomic E-state index is 11.9. The normalized spacial score (nSPS) is 20.8. The predicted octanol–water partition coefficient (Wildman–Crippen LogP) is 1.67. The van der Waals surface area contributed by atoms with E-state index in [0.29, 0.717) is 24.7 Å². The zero-order valence-corrected chi connectivity index (χ0v) is 15.0. The Balaban J connectivity index is 1.69. The van der Waals surface area contributed by atoms with Crippen molar-refractivity contribution in [3.63, 3.8) is 0 Å². The zero-order chi connectivity index (χ0) is 17.9. The Morgan fingerprint density at radius 3 is 2.56 bits per heavy atom. The fourth-order valence-electron chi connectivity index (χ4n) is 2.90. The largest absolute Gasteiger partial charge is 0.393 e. The summed E-state index contributed by atoms with van der Waals surface area (Å²) in [6.07, 6.45) is 4.28. The number of nitrogens with zero attached hydrogens (tertiary/aromatic N) is 1. The Hall–Kier alpha value is -2.08. The van der Waals surface area contributed by atoms with Gasteiger partial charge in [0.2, 0.25) is 0 Å². The predicted molar refractivity (Wildman–Crippen MR) is 101 cm³/mol. The van der Waals surface area contributed by atoms with Crippen LogP contribution in [0.1, 0.15) is 49.4 Å². The summed E-state index contributed by atoms with van der Waals surface area (Å²) < 4.78 is 0. The molecule has 1 aromatic rings. The van der Waals surface area contributed by atoms with Gasteiger partial charge >= 0.3 is 0 Å². The molecule has 1 aliphatic rings. The molecule has 25 heavy (non-hydrogen) atoms. The second-order valence-corrected chi connectivity index (χ2v) is 6.39. The molecule has 0 saturated heterocycles. The van der Waals surface area contributed by atoms with E-state index in [1.54, 1.807) is 0 Å². The Morgan fingerprint density at radius 2 is 1.88 bits per heavy atom. The molecule has 1 saturated carbocycles. The van der Waals surface area contributed by atoms with Crippen LogP contribution in [0.5, 0.6) is 0 Å². The van der Waals surface area contributed by atoms with Gasteiger partial charge in [0.25, 0.3) is 5.91 Å². The summed E-state index contributed by atoms with van der Waals surface area (Å²) in [4.78, 5) is 16.5. The van der Waals surface area contributed by atoms with Crippen molar-refractivity contribution >= 4 is 11.9 Å².